The molecule has 0 N–H and O–H groups in total. The van der Waals surface area contributed by atoms with Crippen molar-refractivity contribution in [3.8, 4) is 5.75 Å². The van der Waals surface area contributed by atoms with Crippen molar-refractivity contribution in [2.45, 2.75) is 12.8 Å². The molecule has 0 heterocycles. The highest BCUT2D eigenvalue weighted by Gasteiger charge is 2.12. The first-order chi connectivity index (χ1) is 15.3. The number of hydrogen-bond acceptors (Lipinski definition) is 3. The molecule has 3 aromatic carbocycles. The van der Waals surface area contributed by atoms with Gasteiger partial charge in [0.15, 0.2) is 0 Å². The molecule has 4 rings (SSSR count). The van der Waals surface area contributed by atoms with E-state index < -0.39 is 0 Å². The van der Waals surface area contributed by atoms with Crippen LogP contribution in [-0.2, 0) is 4.74 Å². The van der Waals surface area contributed by atoms with Crippen LogP contribution >= 0.6 is 0 Å². The van der Waals surface area contributed by atoms with Crippen LogP contribution in [0.4, 0.5) is 17.1 Å². The minimum Gasteiger partial charge on any atom is -0.501 e. The molecule has 0 saturated carbocycles. The van der Waals surface area contributed by atoms with Crippen LogP contribution in [0.25, 0.3) is 6.08 Å². The number of para-hydroxylation sites is 1. The molecule has 0 radical (unpaired) electrons. The van der Waals surface area contributed by atoms with Gasteiger partial charge in [-0.3, -0.25) is 0 Å². The van der Waals surface area contributed by atoms with E-state index in [0.29, 0.717) is 0 Å². The second-order valence-corrected chi connectivity index (χ2v) is 7.37. The number of anilines is 3. The average Bonchev–Trinajstić information content (AvgIpc) is 2.85. The molecule has 0 amide bonds. The molecule has 0 fully saturated rings. The Hall–Kier alpha value is -3.72. The third kappa shape index (κ3) is 5.07. The summed E-state index contributed by atoms with van der Waals surface area (Å²) in [5.74, 6) is 1.89. The topological polar surface area (TPSA) is 21.7 Å². The number of ether oxygens (including phenoxy) is 2. The lowest BCUT2D eigenvalue weighted by Gasteiger charge is -2.25. The van der Waals surface area contributed by atoms with Crippen LogP contribution < -0.4 is 9.64 Å². The Labute approximate surface area is 184 Å². The van der Waals surface area contributed by atoms with E-state index in [4.69, 9.17) is 9.47 Å². The summed E-state index contributed by atoms with van der Waals surface area (Å²) in [5.41, 5.74) is 5.80. The van der Waals surface area contributed by atoms with Crippen molar-refractivity contribution < 1.29 is 9.47 Å². The maximum atomic E-state index is 5.32. The van der Waals surface area contributed by atoms with Crippen LogP contribution in [-0.4, -0.2) is 14.2 Å². The molecular formula is C28H27NO2. The lowest BCUT2D eigenvalue weighted by molar-refractivity contribution is 0.276. The van der Waals surface area contributed by atoms with Crippen molar-refractivity contribution >= 4 is 23.1 Å². The van der Waals surface area contributed by atoms with Crippen molar-refractivity contribution in [3.63, 3.8) is 0 Å². The number of nitrogens with zero attached hydrogens (tertiary/aromatic N) is 1. The van der Waals surface area contributed by atoms with Gasteiger partial charge in [0.2, 0.25) is 0 Å². The van der Waals surface area contributed by atoms with Gasteiger partial charge in [0.1, 0.15) is 5.75 Å². The summed E-state index contributed by atoms with van der Waals surface area (Å²) in [4.78, 5) is 2.24. The number of methoxy groups -OCH3 is 2. The molecule has 3 nitrogen and oxygen atoms in total. The van der Waals surface area contributed by atoms with E-state index >= 15 is 0 Å². The normalized spacial score (nSPS) is 13.5. The fourth-order valence-electron chi connectivity index (χ4n) is 3.64. The van der Waals surface area contributed by atoms with Crippen molar-refractivity contribution in [2.24, 2.45) is 0 Å². The van der Waals surface area contributed by atoms with E-state index in [1.54, 1.807) is 14.2 Å². The first-order valence-electron chi connectivity index (χ1n) is 10.5. The Bertz CT molecular complexity index is 1080. The Balaban J connectivity index is 1.58. The highest BCUT2D eigenvalue weighted by atomic mass is 16.5. The highest BCUT2D eigenvalue weighted by Crippen LogP contribution is 2.35. The predicted molar refractivity (Wildman–Crippen MR) is 129 cm³/mol. The molecule has 0 atom stereocenters. The van der Waals surface area contributed by atoms with Gasteiger partial charge >= 0.3 is 0 Å². The number of rotatable bonds is 7. The molecule has 0 spiro atoms. The summed E-state index contributed by atoms with van der Waals surface area (Å²) in [6.45, 7) is 0. The SMILES string of the molecule is COC1=CC=C(/C=C\c2ccc(N(c3ccccc3)c3ccc(OC)cc3)cc2)CC1. The second-order valence-electron chi connectivity index (χ2n) is 7.37. The monoisotopic (exact) mass is 409 g/mol. The zero-order valence-corrected chi connectivity index (χ0v) is 18.0. The van der Waals surface area contributed by atoms with Crippen molar-refractivity contribution in [2.75, 3.05) is 19.1 Å². The molecule has 156 valence electrons. The van der Waals surface area contributed by atoms with Crippen molar-refractivity contribution in [3.05, 3.63) is 114 Å². The van der Waals surface area contributed by atoms with Crippen LogP contribution in [0.1, 0.15) is 18.4 Å². The smallest absolute Gasteiger partial charge is 0.119 e. The Morgan fingerprint density at radius 3 is 1.87 bits per heavy atom. The van der Waals surface area contributed by atoms with Crippen LogP contribution in [0.3, 0.4) is 0 Å². The maximum Gasteiger partial charge on any atom is 0.119 e. The minimum absolute atomic E-state index is 0.849. The summed E-state index contributed by atoms with van der Waals surface area (Å²) in [7, 11) is 3.42. The van der Waals surface area contributed by atoms with Crippen molar-refractivity contribution in [1.29, 1.82) is 0 Å². The van der Waals surface area contributed by atoms with Crippen molar-refractivity contribution in [1.82, 2.24) is 0 Å². The summed E-state index contributed by atoms with van der Waals surface area (Å²) in [5, 5.41) is 0. The van der Waals surface area contributed by atoms with Gasteiger partial charge in [0.25, 0.3) is 0 Å². The van der Waals surface area contributed by atoms with E-state index in [9.17, 15) is 0 Å². The molecule has 0 aliphatic heterocycles. The van der Waals surface area contributed by atoms with E-state index in [1.165, 1.54) is 11.1 Å². The molecule has 0 aromatic heterocycles. The fraction of sp³-hybridized carbons (Fsp3) is 0.143. The van der Waals surface area contributed by atoms with Gasteiger partial charge in [0.05, 0.1) is 20.0 Å². The molecule has 3 heteroatoms. The van der Waals surface area contributed by atoms with Crippen LogP contribution in [0.5, 0.6) is 5.75 Å². The third-order valence-corrected chi connectivity index (χ3v) is 5.39. The van der Waals surface area contributed by atoms with Gasteiger partial charge in [-0.1, -0.05) is 48.6 Å². The molecule has 0 bridgehead atoms. The van der Waals surface area contributed by atoms with Gasteiger partial charge in [-0.05, 0) is 72.2 Å². The standard InChI is InChI=1S/C28H27NO2/c1-30-27-18-12-23(13-19-27)9-8-22-10-14-25(15-11-22)29(24-6-4-3-5-7-24)26-16-20-28(31-2)21-17-26/h3-12,14-18,20-21H,13,19H2,1-2H3/b9-8-. The average molecular weight is 410 g/mol. The zero-order valence-electron chi connectivity index (χ0n) is 18.0. The number of hydrogen-bond donors (Lipinski definition) is 0. The number of allylic oxidation sites excluding steroid dienone is 5. The van der Waals surface area contributed by atoms with E-state index in [1.807, 2.05) is 18.2 Å². The predicted octanol–water partition coefficient (Wildman–Crippen LogP) is 7.43. The first kappa shape index (κ1) is 20.5. The van der Waals surface area contributed by atoms with Gasteiger partial charge < -0.3 is 14.4 Å². The van der Waals surface area contributed by atoms with E-state index in [-0.39, 0.29) is 0 Å². The van der Waals surface area contributed by atoms with Crippen LogP contribution in [0.15, 0.2) is 108 Å². The number of benzene rings is 3. The van der Waals surface area contributed by atoms with E-state index in [0.717, 1.165) is 41.4 Å². The van der Waals surface area contributed by atoms with Gasteiger partial charge in [-0.25, -0.2) is 0 Å². The fourth-order valence-corrected chi connectivity index (χ4v) is 3.64. The molecule has 3 aromatic rings. The summed E-state index contributed by atoms with van der Waals surface area (Å²) >= 11 is 0. The summed E-state index contributed by atoms with van der Waals surface area (Å²) < 4.78 is 10.6. The highest BCUT2D eigenvalue weighted by molar-refractivity contribution is 5.77. The quantitative estimate of drug-likeness (QED) is 0.405. The minimum atomic E-state index is 0.849. The molecule has 31 heavy (non-hydrogen) atoms. The Morgan fingerprint density at radius 2 is 1.29 bits per heavy atom. The molecular weight excluding hydrogens is 382 g/mol. The van der Waals surface area contributed by atoms with Crippen LogP contribution in [0, 0.1) is 0 Å². The summed E-state index contributed by atoms with van der Waals surface area (Å²) in [6.07, 6.45) is 10.5. The lowest BCUT2D eigenvalue weighted by Crippen LogP contribution is -2.09. The van der Waals surface area contributed by atoms with E-state index in [2.05, 4.69) is 89.9 Å². The lowest BCUT2D eigenvalue weighted by atomic mass is 10.0. The zero-order chi connectivity index (χ0) is 21.5. The largest absolute Gasteiger partial charge is 0.501 e. The molecule has 1 aliphatic carbocycles. The third-order valence-electron chi connectivity index (χ3n) is 5.39. The van der Waals surface area contributed by atoms with Crippen LogP contribution in [0.2, 0.25) is 0 Å². The first-order valence-corrected chi connectivity index (χ1v) is 10.5. The second kappa shape index (κ2) is 9.86. The van der Waals surface area contributed by atoms with Gasteiger partial charge in [0, 0.05) is 23.5 Å². The molecule has 0 saturated heterocycles. The van der Waals surface area contributed by atoms with Gasteiger partial charge in [-0.15, -0.1) is 0 Å². The Morgan fingerprint density at radius 1 is 0.645 bits per heavy atom. The molecule has 0 unspecified atom stereocenters. The summed E-state index contributed by atoms with van der Waals surface area (Å²) in [6, 6.07) is 27.2. The molecule has 1 aliphatic rings. The maximum absolute atomic E-state index is 5.32. The Kier molecular flexibility index (Phi) is 6.53. The van der Waals surface area contributed by atoms with Gasteiger partial charge in [-0.2, -0.15) is 0 Å².